The zero-order valence-electron chi connectivity index (χ0n) is 17.1. The lowest BCUT2D eigenvalue weighted by atomic mass is 9.93. The molecular weight excluding hydrogens is 382 g/mol. The smallest absolute Gasteiger partial charge is 0.324 e. The Morgan fingerprint density at radius 2 is 1.80 bits per heavy atom. The second-order valence-corrected chi connectivity index (χ2v) is 7.43. The Morgan fingerprint density at radius 3 is 2.40 bits per heavy atom. The van der Waals surface area contributed by atoms with Crippen LogP contribution in [0.1, 0.15) is 38.7 Å². The van der Waals surface area contributed by atoms with Crippen molar-refractivity contribution in [1.29, 1.82) is 0 Å². The molecule has 3 rings (SSSR count). The van der Waals surface area contributed by atoms with Crippen molar-refractivity contribution in [1.82, 2.24) is 25.9 Å². The maximum absolute atomic E-state index is 12.0. The van der Waals surface area contributed by atoms with E-state index in [1.165, 1.54) is 0 Å². The van der Waals surface area contributed by atoms with Gasteiger partial charge in [-0.3, -0.25) is 14.9 Å². The zero-order valence-corrected chi connectivity index (χ0v) is 17.1. The predicted octanol–water partition coefficient (Wildman–Crippen LogP) is 3.23. The number of nitrogens with one attached hydrogen (secondary N) is 2. The Labute approximate surface area is 174 Å². The first-order valence-corrected chi connectivity index (χ1v) is 9.85. The van der Waals surface area contributed by atoms with Crippen LogP contribution in [0.4, 0.5) is 0 Å². The van der Waals surface area contributed by atoms with Gasteiger partial charge in [0.15, 0.2) is 0 Å². The molecule has 1 atom stereocenters. The van der Waals surface area contributed by atoms with Crippen LogP contribution in [-0.4, -0.2) is 43.0 Å². The van der Waals surface area contributed by atoms with E-state index in [2.05, 4.69) is 25.9 Å². The van der Waals surface area contributed by atoms with E-state index in [4.69, 9.17) is 0 Å². The topological polar surface area (TPSA) is 121 Å². The molecule has 0 bridgehead atoms. The van der Waals surface area contributed by atoms with Crippen molar-refractivity contribution < 1.29 is 14.7 Å². The van der Waals surface area contributed by atoms with Crippen LogP contribution in [0.25, 0.3) is 22.5 Å². The number of hydrogen-bond acceptors (Lipinski definition) is 6. The lowest BCUT2D eigenvalue weighted by Gasteiger charge is -2.26. The second kappa shape index (κ2) is 9.41. The van der Waals surface area contributed by atoms with E-state index in [0.29, 0.717) is 25.2 Å². The molecule has 156 valence electrons. The number of nitrogens with zero attached hydrogens (tertiary/aromatic N) is 3. The normalized spacial score (nSPS) is 13.0. The fraction of sp³-hybridized carbons (Fsp3) is 0.318. The highest BCUT2D eigenvalue weighted by Gasteiger charge is 2.34. The molecule has 0 aliphatic heterocycles. The van der Waals surface area contributed by atoms with Crippen molar-refractivity contribution in [2.24, 2.45) is 0 Å². The van der Waals surface area contributed by atoms with Gasteiger partial charge in [-0.15, -0.1) is 10.2 Å². The third kappa shape index (κ3) is 4.96. The summed E-state index contributed by atoms with van der Waals surface area (Å²) in [5.74, 6) is -0.564. The second-order valence-electron chi connectivity index (χ2n) is 7.43. The van der Waals surface area contributed by atoms with E-state index >= 15 is 0 Å². The summed E-state index contributed by atoms with van der Waals surface area (Å²) in [6, 6.07) is 15.6. The molecule has 3 N–H and O–H groups in total. The molecule has 1 unspecified atom stereocenters. The van der Waals surface area contributed by atoms with E-state index in [0.717, 1.165) is 22.3 Å². The number of aliphatic carboxylic acids is 1. The molecule has 30 heavy (non-hydrogen) atoms. The average Bonchev–Trinajstić information content (AvgIpc) is 3.27. The minimum atomic E-state index is -1.30. The number of hydrogen-bond donors (Lipinski definition) is 3. The van der Waals surface area contributed by atoms with Crippen molar-refractivity contribution in [3.63, 3.8) is 0 Å². The van der Waals surface area contributed by atoms with Gasteiger partial charge in [0.1, 0.15) is 11.3 Å². The summed E-state index contributed by atoms with van der Waals surface area (Å²) in [6.45, 7) is 3.80. The molecule has 8 nitrogen and oxygen atoms in total. The van der Waals surface area contributed by atoms with Crippen LogP contribution >= 0.6 is 0 Å². The van der Waals surface area contributed by atoms with Gasteiger partial charge in [0.25, 0.3) is 0 Å². The van der Waals surface area contributed by atoms with Gasteiger partial charge in [-0.25, -0.2) is 0 Å². The van der Waals surface area contributed by atoms with Crippen LogP contribution in [0.2, 0.25) is 0 Å². The first-order chi connectivity index (χ1) is 14.4. The van der Waals surface area contributed by atoms with E-state index < -0.39 is 11.5 Å². The minimum Gasteiger partial charge on any atom is -0.480 e. The number of aromatic nitrogens is 4. The first kappa shape index (κ1) is 21.3. The molecule has 0 saturated carbocycles. The third-order valence-corrected chi connectivity index (χ3v) is 5.01. The van der Waals surface area contributed by atoms with Crippen molar-refractivity contribution in [2.75, 3.05) is 0 Å². The van der Waals surface area contributed by atoms with Crippen LogP contribution in [0, 0.1) is 0 Å². The molecule has 0 aliphatic carbocycles. The summed E-state index contributed by atoms with van der Waals surface area (Å²) in [5.41, 5.74) is 2.45. The first-order valence-electron chi connectivity index (χ1n) is 9.85. The molecule has 0 spiro atoms. The van der Waals surface area contributed by atoms with Gasteiger partial charge >= 0.3 is 5.97 Å². The molecular formula is C22H25N5O3. The van der Waals surface area contributed by atoms with Crippen LogP contribution in [0.3, 0.4) is 0 Å². The number of rotatable bonds is 10. The van der Waals surface area contributed by atoms with E-state index in [-0.39, 0.29) is 12.2 Å². The fourth-order valence-electron chi connectivity index (χ4n) is 3.28. The van der Waals surface area contributed by atoms with Crippen molar-refractivity contribution in [2.45, 2.75) is 45.2 Å². The van der Waals surface area contributed by atoms with Crippen LogP contribution in [-0.2, 0) is 16.1 Å². The number of Topliss-reactive ketones (excluding diaryl/α,β-unsaturated/α-hetero) is 1. The summed E-state index contributed by atoms with van der Waals surface area (Å²) in [7, 11) is 0. The Balaban J connectivity index is 1.74. The van der Waals surface area contributed by atoms with Crippen LogP contribution < -0.4 is 5.32 Å². The Kier molecular flexibility index (Phi) is 6.68. The van der Waals surface area contributed by atoms with Gasteiger partial charge in [0.05, 0.1) is 0 Å². The molecule has 0 radical (unpaired) electrons. The summed E-state index contributed by atoms with van der Waals surface area (Å²) >= 11 is 0. The number of carbonyl (C=O) groups is 2. The molecule has 3 aromatic rings. The van der Waals surface area contributed by atoms with Gasteiger partial charge < -0.3 is 5.11 Å². The van der Waals surface area contributed by atoms with Crippen molar-refractivity contribution in [3.8, 4) is 22.5 Å². The minimum absolute atomic E-state index is 0.0354. The van der Waals surface area contributed by atoms with Crippen molar-refractivity contribution >= 4 is 11.8 Å². The van der Waals surface area contributed by atoms with Gasteiger partial charge in [0, 0.05) is 24.9 Å². The highest BCUT2D eigenvalue weighted by atomic mass is 16.4. The van der Waals surface area contributed by atoms with Gasteiger partial charge in [-0.2, -0.15) is 5.21 Å². The highest BCUT2D eigenvalue weighted by Crippen LogP contribution is 2.29. The Bertz CT molecular complexity index is 1000. The number of carboxylic acid groups (broad SMARTS) is 1. The Hall–Kier alpha value is -3.39. The molecule has 1 heterocycles. The molecule has 0 amide bonds. The van der Waals surface area contributed by atoms with Gasteiger partial charge in [-0.05, 0) is 35.2 Å². The van der Waals surface area contributed by atoms with E-state index in [1.54, 1.807) is 6.92 Å². The zero-order chi connectivity index (χ0) is 21.6. The molecule has 8 heteroatoms. The highest BCUT2D eigenvalue weighted by molar-refractivity contribution is 5.88. The SMILES string of the molecule is CCCC(=O)CC(C)(NCc1ccc(-c2ccccc2-c2nn[nH]n2)cc1)C(=O)O. The summed E-state index contributed by atoms with van der Waals surface area (Å²) in [6.07, 6.45) is 1.06. The maximum Gasteiger partial charge on any atom is 0.324 e. The van der Waals surface area contributed by atoms with E-state index in [9.17, 15) is 14.7 Å². The van der Waals surface area contributed by atoms with Crippen molar-refractivity contribution in [3.05, 3.63) is 54.1 Å². The quantitative estimate of drug-likeness (QED) is 0.472. The van der Waals surface area contributed by atoms with Gasteiger partial charge in [0.2, 0.25) is 5.82 Å². The van der Waals surface area contributed by atoms with Gasteiger partial charge in [-0.1, -0.05) is 55.5 Å². The molecule has 2 aromatic carbocycles. The predicted molar refractivity (Wildman–Crippen MR) is 112 cm³/mol. The molecule has 1 aromatic heterocycles. The number of aromatic amines is 1. The van der Waals surface area contributed by atoms with E-state index in [1.807, 2.05) is 55.5 Å². The largest absolute Gasteiger partial charge is 0.480 e. The molecule has 0 aliphatic rings. The van der Waals surface area contributed by atoms with Crippen LogP contribution in [0.15, 0.2) is 48.5 Å². The lowest BCUT2D eigenvalue weighted by Crippen LogP contribution is -2.50. The molecule has 0 fully saturated rings. The number of H-pyrrole nitrogens is 1. The molecule has 0 saturated heterocycles. The standard InChI is InChI=1S/C22H25N5O3/c1-3-6-17(28)13-22(2,21(29)30)23-14-15-9-11-16(12-10-15)18-7-4-5-8-19(18)20-24-26-27-25-20/h4-5,7-12,23H,3,6,13-14H2,1-2H3,(H,29,30)(H,24,25,26,27). The summed E-state index contributed by atoms with van der Waals surface area (Å²) < 4.78 is 0. The Morgan fingerprint density at radius 1 is 1.10 bits per heavy atom. The number of carboxylic acids is 1. The number of benzene rings is 2. The monoisotopic (exact) mass is 407 g/mol. The third-order valence-electron chi connectivity index (χ3n) is 5.01. The number of carbonyl (C=O) groups excluding carboxylic acids is 1. The fourth-order valence-corrected chi connectivity index (χ4v) is 3.28. The summed E-state index contributed by atoms with van der Waals surface area (Å²) in [4.78, 5) is 23.7. The number of tetrazole rings is 1. The van der Waals surface area contributed by atoms with Crippen LogP contribution in [0.5, 0.6) is 0 Å². The number of ketones is 1. The maximum atomic E-state index is 12.0. The lowest BCUT2D eigenvalue weighted by molar-refractivity contribution is -0.146. The summed E-state index contributed by atoms with van der Waals surface area (Å²) in [5, 5.41) is 26.9. The average molecular weight is 407 g/mol.